The lowest BCUT2D eigenvalue weighted by molar-refractivity contribution is -0.115. The fourth-order valence-corrected chi connectivity index (χ4v) is 13.1. The van der Waals surface area contributed by atoms with Crippen molar-refractivity contribution in [3.8, 4) is 0 Å². The molecule has 1 unspecified atom stereocenters. The number of hydrogen-bond acceptors (Lipinski definition) is 6. The fourth-order valence-electron chi connectivity index (χ4n) is 8.06. The molecule has 1 aliphatic heterocycles. The second kappa shape index (κ2) is 27.1. The van der Waals surface area contributed by atoms with E-state index in [2.05, 4.69) is 93.6 Å². The standard InChI is InChI=1S/C49H74O6Si/c1-5-8-31-56(32-9-6-2,33-10-7-3)55-49(41(4)37-50)36-48(53-40-44-25-18-13-19-26-44)35-47(52-39-43-23-16-12-17-24-43)34-46-28-20-27-45(54-46)29-30-51-38-42-21-14-11-15-22-42/h11-19,21-26,37,41,45-49H,5-10,20,27-36,38-40H2,1-4H3/t41-,45?,46+,47+,48-,49+/m0/s1. The fraction of sp³-hybridized carbons (Fsp3) is 0.612. The molecule has 0 aliphatic carbocycles. The van der Waals surface area contributed by atoms with Crippen molar-refractivity contribution in [1.82, 2.24) is 0 Å². The minimum atomic E-state index is -2.11. The van der Waals surface area contributed by atoms with Gasteiger partial charge < -0.3 is 28.2 Å². The summed E-state index contributed by atoms with van der Waals surface area (Å²) < 4.78 is 34.0. The number of carbonyl (C=O) groups excluding carboxylic acids is 1. The highest BCUT2D eigenvalue weighted by Crippen LogP contribution is 2.35. The SMILES string of the molecule is CCCC[Si](CCCC)(CCCC)O[C@H](C[C@H](C[C@@H](C[C@H]1CCCC(CCOCc2ccccc2)O1)OCc1ccccc1)OCc1ccccc1)[C@@H](C)C=O. The molecule has 6 nitrogen and oxygen atoms in total. The van der Waals surface area contributed by atoms with Gasteiger partial charge in [0.1, 0.15) is 6.29 Å². The molecule has 1 fully saturated rings. The molecular formula is C49H74O6Si. The van der Waals surface area contributed by atoms with Crippen LogP contribution in [0.15, 0.2) is 91.0 Å². The minimum absolute atomic E-state index is 0.0801. The van der Waals surface area contributed by atoms with E-state index in [4.69, 9.17) is 23.4 Å². The van der Waals surface area contributed by atoms with Gasteiger partial charge in [-0.1, -0.05) is 157 Å². The van der Waals surface area contributed by atoms with E-state index in [1.54, 1.807) is 0 Å². The first-order valence-electron chi connectivity index (χ1n) is 22.2. The van der Waals surface area contributed by atoms with Crippen LogP contribution >= 0.6 is 0 Å². The Labute approximate surface area is 341 Å². The molecule has 310 valence electrons. The molecule has 1 heterocycles. The van der Waals surface area contributed by atoms with Gasteiger partial charge in [0.25, 0.3) is 0 Å². The zero-order valence-corrected chi connectivity index (χ0v) is 36.3. The summed E-state index contributed by atoms with van der Waals surface area (Å²) in [5.41, 5.74) is 3.50. The number of rotatable bonds is 30. The molecule has 6 atom stereocenters. The number of ether oxygens (including phenoxy) is 4. The van der Waals surface area contributed by atoms with Crippen LogP contribution in [-0.2, 0) is 48.0 Å². The first-order chi connectivity index (χ1) is 27.5. The predicted molar refractivity (Wildman–Crippen MR) is 232 cm³/mol. The van der Waals surface area contributed by atoms with E-state index in [0.717, 1.165) is 68.8 Å². The molecule has 3 aromatic carbocycles. The third kappa shape index (κ3) is 17.5. The van der Waals surface area contributed by atoms with Crippen molar-refractivity contribution in [1.29, 1.82) is 0 Å². The average Bonchev–Trinajstić information content (AvgIpc) is 3.24. The lowest BCUT2D eigenvalue weighted by Crippen LogP contribution is -2.45. The Kier molecular flexibility index (Phi) is 22.3. The molecule has 0 N–H and O–H groups in total. The quantitative estimate of drug-likeness (QED) is 0.0381. The largest absolute Gasteiger partial charge is 0.413 e. The molecule has 1 aliphatic rings. The number of carbonyl (C=O) groups is 1. The van der Waals surface area contributed by atoms with Gasteiger partial charge in [-0.15, -0.1) is 0 Å². The summed E-state index contributed by atoms with van der Waals surface area (Å²) in [5.74, 6) is -0.218. The Morgan fingerprint density at radius 2 is 1.18 bits per heavy atom. The second-order valence-corrected chi connectivity index (χ2v) is 20.4. The van der Waals surface area contributed by atoms with E-state index in [-0.39, 0.29) is 36.4 Å². The summed E-state index contributed by atoms with van der Waals surface area (Å²) in [4.78, 5) is 12.6. The number of aldehydes is 1. The van der Waals surface area contributed by atoms with Crippen LogP contribution in [0.2, 0.25) is 18.1 Å². The van der Waals surface area contributed by atoms with E-state index in [9.17, 15) is 4.79 Å². The van der Waals surface area contributed by atoms with Crippen molar-refractivity contribution < 1.29 is 28.2 Å². The van der Waals surface area contributed by atoms with Gasteiger partial charge in [0, 0.05) is 12.5 Å². The average molecular weight is 787 g/mol. The normalized spacial score (nSPS) is 18.3. The summed E-state index contributed by atoms with van der Waals surface area (Å²) in [7, 11) is -2.11. The molecule has 56 heavy (non-hydrogen) atoms. The molecule has 7 heteroatoms. The highest BCUT2D eigenvalue weighted by atomic mass is 28.4. The second-order valence-electron chi connectivity index (χ2n) is 16.3. The maximum absolute atomic E-state index is 12.6. The van der Waals surface area contributed by atoms with Gasteiger partial charge in [0.2, 0.25) is 0 Å². The summed E-state index contributed by atoms with van der Waals surface area (Å²) in [5, 5.41) is 0. The van der Waals surface area contributed by atoms with Crippen LogP contribution in [0.3, 0.4) is 0 Å². The minimum Gasteiger partial charge on any atom is -0.413 e. The van der Waals surface area contributed by atoms with Crippen molar-refractivity contribution in [3.05, 3.63) is 108 Å². The lowest BCUT2D eigenvalue weighted by Gasteiger charge is -2.39. The molecule has 0 aromatic heterocycles. The predicted octanol–water partition coefficient (Wildman–Crippen LogP) is 12.4. The van der Waals surface area contributed by atoms with E-state index >= 15 is 0 Å². The van der Waals surface area contributed by atoms with Gasteiger partial charge in [-0.25, -0.2) is 0 Å². The van der Waals surface area contributed by atoms with Gasteiger partial charge in [0.05, 0.1) is 50.3 Å². The van der Waals surface area contributed by atoms with Crippen molar-refractivity contribution in [2.75, 3.05) is 6.61 Å². The van der Waals surface area contributed by atoms with E-state index in [0.29, 0.717) is 39.3 Å². The summed E-state index contributed by atoms with van der Waals surface area (Å²) in [6.45, 7) is 11.3. The van der Waals surface area contributed by atoms with E-state index < -0.39 is 8.32 Å². The van der Waals surface area contributed by atoms with Crippen molar-refractivity contribution in [2.45, 2.75) is 180 Å². The van der Waals surface area contributed by atoms with Crippen LogP contribution in [0.1, 0.15) is 128 Å². The Balaban J connectivity index is 1.53. The van der Waals surface area contributed by atoms with Crippen molar-refractivity contribution >= 4 is 14.6 Å². The third-order valence-electron chi connectivity index (χ3n) is 11.5. The maximum Gasteiger partial charge on any atom is 0.193 e. The zero-order chi connectivity index (χ0) is 39.7. The van der Waals surface area contributed by atoms with Gasteiger partial charge in [-0.05, 0) is 79.8 Å². The van der Waals surface area contributed by atoms with Crippen LogP contribution in [0.5, 0.6) is 0 Å². The summed E-state index contributed by atoms with van der Waals surface area (Å²) in [6, 6.07) is 34.8. The maximum atomic E-state index is 12.6. The topological polar surface area (TPSA) is 63.2 Å². The molecule has 0 spiro atoms. The molecule has 0 radical (unpaired) electrons. The molecule has 0 saturated carbocycles. The zero-order valence-electron chi connectivity index (χ0n) is 35.3. The highest BCUT2D eigenvalue weighted by Gasteiger charge is 2.39. The highest BCUT2D eigenvalue weighted by molar-refractivity contribution is 6.73. The first kappa shape index (κ1) is 46.0. The van der Waals surface area contributed by atoms with E-state index in [1.165, 1.54) is 43.0 Å². The Morgan fingerprint density at radius 1 is 0.679 bits per heavy atom. The molecule has 0 bridgehead atoms. The van der Waals surface area contributed by atoms with Crippen LogP contribution in [0.25, 0.3) is 0 Å². The molecular weight excluding hydrogens is 713 g/mol. The Bertz CT molecular complexity index is 1390. The van der Waals surface area contributed by atoms with Gasteiger partial charge >= 0.3 is 0 Å². The first-order valence-corrected chi connectivity index (χ1v) is 24.7. The molecule has 0 amide bonds. The van der Waals surface area contributed by atoms with Crippen LogP contribution in [0.4, 0.5) is 0 Å². The van der Waals surface area contributed by atoms with Crippen molar-refractivity contribution in [2.24, 2.45) is 5.92 Å². The molecule has 3 aromatic rings. The van der Waals surface area contributed by atoms with Gasteiger partial charge in [-0.3, -0.25) is 0 Å². The Morgan fingerprint density at radius 3 is 1.70 bits per heavy atom. The van der Waals surface area contributed by atoms with Crippen LogP contribution < -0.4 is 0 Å². The smallest absolute Gasteiger partial charge is 0.193 e. The Hall–Kier alpha value is -2.65. The molecule has 4 rings (SSSR count). The summed E-state index contributed by atoms with van der Waals surface area (Å²) in [6.07, 6.45) is 14.3. The lowest BCUT2D eigenvalue weighted by atomic mass is 9.93. The van der Waals surface area contributed by atoms with Crippen molar-refractivity contribution in [3.63, 3.8) is 0 Å². The number of hydrogen-bond donors (Lipinski definition) is 0. The third-order valence-corrected chi connectivity index (χ3v) is 16.1. The van der Waals surface area contributed by atoms with Gasteiger partial charge in [0.15, 0.2) is 8.32 Å². The van der Waals surface area contributed by atoms with Crippen LogP contribution in [-0.4, -0.2) is 51.7 Å². The number of unbranched alkanes of at least 4 members (excludes halogenated alkanes) is 3. The van der Waals surface area contributed by atoms with Gasteiger partial charge in [-0.2, -0.15) is 0 Å². The summed E-state index contributed by atoms with van der Waals surface area (Å²) >= 11 is 0. The monoisotopic (exact) mass is 787 g/mol. The van der Waals surface area contributed by atoms with Crippen LogP contribution in [0, 0.1) is 5.92 Å². The molecule has 1 saturated heterocycles. The van der Waals surface area contributed by atoms with E-state index in [1.807, 2.05) is 25.1 Å². The number of benzene rings is 3.